The van der Waals surface area contributed by atoms with Gasteiger partial charge in [-0.25, -0.2) is 14.0 Å². The number of carboxylic acids is 2. The molecule has 2 atom stereocenters. The average molecular weight is 449 g/mol. The van der Waals surface area contributed by atoms with Crippen LogP contribution in [0.3, 0.4) is 0 Å². The fraction of sp³-hybridized carbons (Fsp3) is 0.154. The Morgan fingerprint density at radius 3 is 2.03 bits per heavy atom. The zero-order chi connectivity index (χ0) is 23.8. The highest BCUT2D eigenvalue weighted by Gasteiger charge is 2.29. The van der Waals surface area contributed by atoms with Crippen LogP contribution in [0.15, 0.2) is 84.9 Å². The zero-order valence-corrected chi connectivity index (χ0v) is 17.7. The Hall–Kier alpha value is -3.97. The summed E-state index contributed by atoms with van der Waals surface area (Å²) in [6.07, 6.45) is 2.99. The summed E-state index contributed by atoms with van der Waals surface area (Å²) in [6, 6.07) is 22.8. The van der Waals surface area contributed by atoms with Crippen LogP contribution in [-0.2, 0) is 22.4 Å². The summed E-state index contributed by atoms with van der Waals surface area (Å²) in [7, 11) is 0. The highest BCUT2D eigenvalue weighted by molar-refractivity contribution is 5.89. The summed E-state index contributed by atoms with van der Waals surface area (Å²) in [5.74, 6) is -1.05. The second-order valence-electron chi connectivity index (χ2n) is 7.59. The molecule has 0 radical (unpaired) electrons. The van der Waals surface area contributed by atoms with Gasteiger partial charge in [-0.3, -0.25) is 0 Å². The van der Waals surface area contributed by atoms with Crippen molar-refractivity contribution in [3.63, 3.8) is 0 Å². The number of ether oxygens (including phenoxy) is 1. The van der Waals surface area contributed by atoms with Gasteiger partial charge in [-0.2, -0.15) is 0 Å². The number of fused-ring (bicyclic) bond motifs is 1. The van der Waals surface area contributed by atoms with Crippen molar-refractivity contribution >= 4 is 11.9 Å². The van der Waals surface area contributed by atoms with E-state index in [0.29, 0.717) is 23.8 Å². The van der Waals surface area contributed by atoms with Crippen molar-refractivity contribution < 1.29 is 28.9 Å². The maximum absolute atomic E-state index is 12.9. The van der Waals surface area contributed by atoms with Crippen LogP contribution in [-0.4, -0.2) is 28.2 Å². The smallest absolute Gasteiger partial charge is 0.328 e. The Balaban J connectivity index is 0.000000331. The van der Waals surface area contributed by atoms with E-state index >= 15 is 0 Å². The molecule has 0 heterocycles. The largest absolute Gasteiger partial charge is 0.478 e. The number of aliphatic carboxylic acids is 2. The van der Waals surface area contributed by atoms with E-state index in [0.717, 1.165) is 18.6 Å². The Kier molecular flexibility index (Phi) is 7.94. The molecular weight excluding hydrogens is 425 g/mol. The van der Waals surface area contributed by atoms with Crippen molar-refractivity contribution in [3.8, 4) is 11.5 Å². The van der Waals surface area contributed by atoms with Gasteiger partial charge in [0.1, 0.15) is 17.3 Å². The first-order valence-electron chi connectivity index (χ1n) is 10.3. The molecule has 1 aliphatic carbocycles. The lowest BCUT2D eigenvalue weighted by Gasteiger charge is -2.17. The molecule has 0 spiro atoms. The summed E-state index contributed by atoms with van der Waals surface area (Å²) in [6.45, 7) is 0. The van der Waals surface area contributed by atoms with Crippen molar-refractivity contribution in [2.75, 3.05) is 0 Å². The molecule has 3 aromatic rings. The van der Waals surface area contributed by atoms with E-state index in [1.807, 2.05) is 12.1 Å². The van der Waals surface area contributed by atoms with Gasteiger partial charge in [0.15, 0.2) is 0 Å². The van der Waals surface area contributed by atoms with Gasteiger partial charge < -0.3 is 20.7 Å². The Morgan fingerprint density at radius 1 is 0.909 bits per heavy atom. The third-order valence-electron chi connectivity index (χ3n) is 5.22. The zero-order valence-electron chi connectivity index (χ0n) is 17.7. The molecule has 0 unspecified atom stereocenters. The van der Waals surface area contributed by atoms with Crippen molar-refractivity contribution in [2.45, 2.75) is 24.8 Å². The topological polar surface area (TPSA) is 110 Å². The van der Waals surface area contributed by atoms with Crippen molar-refractivity contribution in [1.82, 2.24) is 0 Å². The second-order valence-corrected chi connectivity index (χ2v) is 7.59. The van der Waals surface area contributed by atoms with Crippen molar-refractivity contribution in [2.24, 2.45) is 5.73 Å². The molecule has 3 aromatic carbocycles. The maximum Gasteiger partial charge on any atom is 0.328 e. The van der Waals surface area contributed by atoms with Crippen molar-refractivity contribution in [1.29, 1.82) is 0 Å². The number of halogens is 1. The molecule has 0 saturated carbocycles. The molecule has 4 N–H and O–H groups in total. The van der Waals surface area contributed by atoms with Crippen LogP contribution in [0.5, 0.6) is 11.5 Å². The van der Waals surface area contributed by atoms with Crippen LogP contribution in [0.1, 0.15) is 22.6 Å². The number of carboxylic acid groups (broad SMARTS) is 2. The molecule has 33 heavy (non-hydrogen) atoms. The molecule has 0 amide bonds. The number of hydrogen-bond donors (Lipinski definition) is 3. The van der Waals surface area contributed by atoms with E-state index in [-0.39, 0.29) is 11.9 Å². The minimum Gasteiger partial charge on any atom is -0.478 e. The summed E-state index contributed by atoms with van der Waals surface area (Å²) in [4.78, 5) is 19.1. The van der Waals surface area contributed by atoms with E-state index in [1.165, 1.54) is 28.8 Å². The summed E-state index contributed by atoms with van der Waals surface area (Å²) in [5.41, 5.74) is 10.4. The predicted molar refractivity (Wildman–Crippen MR) is 122 cm³/mol. The van der Waals surface area contributed by atoms with Crippen LogP contribution in [0, 0.1) is 5.82 Å². The van der Waals surface area contributed by atoms with Gasteiger partial charge in [-0.1, -0.05) is 36.4 Å². The first kappa shape index (κ1) is 23.7. The summed E-state index contributed by atoms with van der Waals surface area (Å²) in [5, 5.41) is 15.6. The Labute approximate surface area is 190 Å². The number of nitrogens with two attached hydrogens (primary N) is 1. The minimum atomic E-state index is -1.26. The van der Waals surface area contributed by atoms with E-state index in [9.17, 15) is 14.0 Å². The quantitative estimate of drug-likeness (QED) is 0.477. The lowest BCUT2D eigenvalue weighted by Crippen LogP contribution is -2.26. The fourth-order valence-electron chi connectivity index (χ4n) is 3.70. The lowest BCUT2D eigenvalue weighted by atomic mass is 9.91. The molecule has 0 aromatic heterocycles. The maximum atomic E-state index is 12.9. The van der Waals surface area contributed by atoms with Gasteiger partial charge >= 0.3 is 11.9 Å². The average Bonchev–Trinajstić information content (AvgIpc) is 3.11. The second kappa shape index (κ2) is 11.1. The highest BCUT2D eigenvalue weighted by atomic mass is 19.1. The number of hydrogen-bond acceptors (Lipinski definition) is 4. The molecule has 0 aliphatic heterocycles. The standard InChI is InChI=1S/C22H20FNO.C4H4O4/c23-17-7-11-19(12-8-17)25-18-9-5-15(6-10-18)13-21-20-4-2-1-3-16(20)14-22(21)24;5-3(6)1-2-4(7)8/h1-12,21-22H,13-14,24H2;1-2H,(H,5,6)(H,7,8)/t21-,22+;/m1./s1. The normalized spacial score (nSPS) is 16.5. The lowest BCUT2D eigenvalue weighted by molar-refractivity contribution is -0.134. The van der Waals surface area contributed by atoms with Gasteiger partial charge in [0.2, 0.25) is 0 Å². The third-order valence-corrected chi connectivity index (χ3v) is 5.22. The van der Waals surface area contributed by atoms with Crippen LogP contribution in [0.4, 0.5) is 4.39 Å². The first-order valence-corrected chi connectivity index (χ1v) is 10.3. The SMILES string of the molecule is N[C@H]1Cc2ccccc2[C@H]1Cc1ccc(Oc2ccc(F)cc2)cc1.O=C(O)C=CC(=O)O. The molecule has 0 bridgehead atoms. The van der Waals surface area contributed by atoms with Crippen molar-refractivity contribution in [3.05, 3.63) is 107 Å². The van der Waals surface area contributed by atoms with E-state index < -0.39 is 11.9 Å². The minimum absolute atomic E-state index is 0.174. The van der Waals surface area contributed by atoms with Gasteiger partial charge in [0.05, 0.1) is 0 Å². The molecule has 170 valence electrons. The first-order chi connectivity index (χ1) is 15.8. The molecule has 6 nitrogen and oxygen atoms in total. The van der Waals surface area contributed by atoms with Gasteiger partial charge in [-0.05, 0) is 65.9 Å². The molecule has 4 rings (SSSR count). The molecular formula is C26H24FNO5. The van der Waals surface area contributed by atoms with Gasteiger partial charge in [0.25, 0.3) is 0 Å². The van der Waals surface area contributed by atoms with Crippen LogP contribution >= 0.6 is 0 Å². The van der Waals surface area contributed by atoms with Gasteiger partial charge in [-0.15, -0.1) is 0 Å². The molecule has 1 aliphatic rings. The van der Waals surface area contributed by atoms with E-state index in [1.54, 1.807) is 12.1 Å². The summed E-state index contributed by atoms with van der Waals surface area (Å²) < 4.78 is 18.7. The molecule has 0 saturated heterocycles. The van der Waals surface area contributed by atoms with E-state index in [4.69, 9.17) is 20.7 Å². The Bertz CT molecular complexity index is 1110. The molecule has 0 fully saturated rings. The van der Waals surface area contributed by atoms with Crippen LogP contribution in [0.25, 0.3) is 0 Å². The third kappa shape index (κ3) is 7.02. The van der Waals surface area contributed by atoms with E-state index in [2.05, 4.69) is 36.4 Å². The molecule has 7 heteroatoms. The van der Waals surface area contributed by atoms with Crippen LogP contribution in [0.2, 0.25) is 0 Å². The summed E-state index contributed by atoms with van der Waals surface area (Å²) >= 11 is 0. The number of carbonyl (C=O) groups is 2. The fourth-order valence-corrected chi connectivity index (χ4v) is 3.70. The number of rotatable bonds is 6. The predicted octanol–water partition coefficient (Wildman–Crippen LogP) is 4.54. The Morgan fingerprint density at radius 2 is 1.45 bits per heavy atom. The van der Waals surface area contributed by atoms with Crippen LogP contribution < -0.4 is 10.5 Å². The monoisotopic (exact) mass is 449 g/mol. The highest BCUT2D eigenvalue weighted by Crippen LogP contribution is 2.35. The van der Waals surface area contributed by atoms with Gasteiger partial charge in [0, 0.05) is 24.1 Å². The number of benzene rings is 3.